The van der Waals surface area contributed by atoms with Crippen LogP contribution in [0.25, 0.3) is 0 Å². The van der Waals surface area contributed by atoms with Gasteiger partial charge in [-0.2, -0.15) is 0 Å². The molecule has 1 aliphatic carbocycles. The standard InChI is InChI=1S/C19H30N4O4/c20-10-3-1-2-4-11-21-13-7-5-6-12-16(13)19(27)23(18(12)26)14-8-9-15(24)22-17(14)25/h5-7,12,14-17,21-22,24-25H,1-4,8-11,20H2. The summed E-state index contributed by atoms with van der Waals surface area (Å²) in [6.45, 7) is 1.45. The number of aliphatic hydroxyl groups excluding tert-OH is 2. The summed E-state index contributed by atoms with van der Waals surface area (Å²) in [7, 11) is 0. The van der Waals surface area contributed by atoms with E-state index in [1.54, 1.807) is 6.08 Å². The van der Waals surface area contributed by atoms with Crippen LogP contribution in [0.15, 0.2) is 23.9 Å². The van der Waals surface area contributed by atoms with E-state index in [1.165, 1.54) is 4.90 Å². The van der Waals surface area contributed by atoms with Crippen molar-refractivity contribution in [2.75, 3.05) is 13.1 Å². The quantitative estimate of drug-likeness (QED) is 0.286. The molecule has 2 amide bonds. The molecule has 3 rings (SSSR count). The van der Waals surface area contributed by atoms with Crippen molar-refractivity contribution in [3.05, 3.63) is 23.9 Å². The first-order valence-electron chi connectivity index (χ1n) is 9.86. The summed E-state index contributed by atoms with van der Waals surface area (Å²) in [4.78, 5) is 27.1. The molecule has 0 radical (unpaired) electrons. The van der Waals surface area contributed by atoms with Crippen molar-refractivity contribution in [2.24, 2.45) is 17.6 Å². The lowest BCUT2D eigenvalue weighted by atomic mass is 9.88. The van der Waals surface area contributed by atoms with Crippen molar-refractivity contribution in [2.45, 2.75) is 57.0 Å². The average Bonchev–Trinajstić information content (AvgIpc) is 2.90. The van der Waals surface area contributed by atoms with Crippen LogP contribution in [-0.2, 0) is 9.59 Å². The third-order valence-corrected chi connectivity index (χ3v) is 5.57. The monoisotopic (exact) mass is 378 g/mol. The minimum atomic E-state index is -1.12. The molecule has 0 aromatic rings. The maximum atomic E-state index is 13.0. The van der Waals surface area contributed by atoms with Crippen molar-refractivity contribution in [1.29, 1.82) is 0 Å². The lowest BCUT2D eigenvalue weighted by Crippen LogP contribution is -2.58. The molecule has 8 nitrogen and oxygen atoms in total. The van der Waals surface area contributed by atoms with E-state index in [2.05, 4.69) is 10.6 Å². The van der Waals surface area contributed by atoms with Crippen molar-refractivity contribution in [1.82, 2.24) is 15.5 Å². The summed E-state index contributed by atoms with van der Waals surface area (Å²) < 4.78 is 0. The van der Waals surface area contributed by atoms with Crippen molar-refractivity contribution >= 4 is 11.8 Å². The Morgan fingerprint density at radius 1 is 1.15 bits per heavy atom. The second-order valence-electron chi connectivity index (χ2n) is 7.46. The molecule has 0 aromatic carbocycles. The summed E-state index contributed by atoms with van der Waals surface area (Å²) in [6.07, 6.45) is 8.41. The summed E-state index contributed by atoms with van der Waals surface area (Å²) in [5.74, 6) is -1.64. The predicted molar refractivity (Wildman–Crippen MR) is 99.8 cm³/mol. The first-order chi connectivity index (χ1) is 13.0. The Kier molecular flexibility index (Phi) is 6.64. The largest absolute Gasteiger partial charge is 0.388 e. The molecule has 2 aliphatic heterocycles. The van der Waals surface area contributed by atoms with Crippen LogP contribution in [0, 0.1) is 11.8 Å². The van der Waals surface area contributed by atoms with E-state index in [-0.39, 0.29) is 11.8 Å². The number of hydrogen-bond acceptors (Lipinski definition) is 7. The van der Waals surface area contributed by atoms with Gasteiger partial charge in [-0.3, -0.25) is 19.8 Å². The van der Waals surface area contributed by atoms with Crippen molar-refractivity contribution in [3.8, 4) is 0 Å². The van der Waals surface area contributed by atoms with Crippen LogP contribution in [0.3, 0.4) is 0 Å². The number of amides is 2. The summed E-state index contributed by atoms with van der Waals surface area (Å²) in [5.41, 5.74) is 6.26. The van der Waals surface area contributed by atoms with Crippen LogP contribution in [-0.4, -0.2) is 58.5 Å². The molecule has 0 spiro atoms. The number of hydrogen-bond donors (Lipinski definition) is 5. The highest BCUT2D eigenvalue weighted by Gasteiger charge is 2.52. The number of allylic oxidation sites excluding steroid dienone is 2. The van der Waals surface area contributed by atoms with E-state index in [0.29, 0.717) is 19.4 Å². The highest BCUT2D eigenvalue weighted by Crippen LogP contribution is 2.37. The van der Waals surface area contributed by atoms with Gasteiger partial charge in [0.15, 0.2) is 0 Å². The van der Waals surface area contributed by atoms with Gasteiger partial charge < -0.3 is 21.3 Å². The number of imide groups is 1. The van der Waals surface area contributed by atoms with Crippen LogP contribution in [0.5, 0.6) is 0 Å². The van der Waals surface area contributed by atoms with Crippen LogP contribution < -0.4 is 16.4 Å². The van der Waals surface area contributed by atoms with E-state index < -0.39 is 30.3 Å². The van der Waals surface area contributed by atoms with Gasteiger partial charge in [-0.25, -0.2) is 0 Å². The fraction of sp³-hybridized carbons (Fsp3) is 0.684. The highest BCUT2D eigenvalue weighted by atomic mass is 16.3. The van der Waals surface area contributed by atoms with E-state index >= 15 is 0 Å². The molecule has 27 heavy (non-hydrogen) atoms. The van der Waals surface area contributed by atoms with Gasteiger partial charge in [0, 0.05) is 12.2 Å². The maximum Gasteiger partial charge on any atom is 0.239 e. The van der Waals surface area contributed by atoms with Crippen molar-refractivity contribution < 1.29 is 19.8 Å². The van der Waals surface area contributed by atoms with Gasteiger partial charge in [0.25, 0.3) is 0 Å². The van der Waals surface area contributed by atoms with Gasteiger partial charge in [-0.1, -0.05) is 25.0 Å². The Balaban J connectivity index is 1.63. The molecule has 2 saturated heterocycles. The van der Waals surface area contributed by atoms with Gasteiger partial charge in [0.1, 0.15) is 12.5 Å². The fourth-order valence-corrected chi connectivity index (χ4v) is 4.12. The zero-order chi connectivity index (χ0) is 19.4. The molecule has 3 aliphatic rings. The van der Waals surface area contributed by atoms with Gasteiger partial charge in [0.05, 0.1) is 17.9 Å². The molecule has 5 atom stereocenters. The number of likely N-dealkylation sites (tertiary alicyclic amines) is 1. The Morgan fingerprint density at radius 2 is 1.93 bits per heavy atom. The zero-order valence-electron chi connectivity index (χ0n) is 15.5. The van der Waals surface area contributed by atoms with E-state index in [1.807, 2.05) is 12.2 Å². The molecule has 2 heterocycles. The first-order valence-corrected chi connectivity index (χ1v) is 9.86. The zero-order valence-corrected chi connectivity index (χ0v) is 15.5. The van der Waals surface area contributed by atoms with Gasteiger partial charge in [-0.05, 0) is 38.3 Å². The number of fused-ring (bicyclic) bond motifs is 1. The highest BCUT2D eigenvalue weighted by molar-refractivity contribution is 6.08. The molecule has 0 aromatic heterocycles. The number of rotatable bonds is 8. The molecule has 6 N–H and O–H groups in total. The Hall–Kier alpha value is -1.74. The number of nitrogens with zero attached hydrogens (tertiary/aromatic N) is 1. The number of carbonyl (C=O) groups is 2. The first kappa shape index (κ1) is 20.0. The normalized spacial score (nSPS) is 33.2. The molecule has 8 heteroatoms. The number of aliphatic hydroxyl groups is 2. The second-order valence-corrected chi connectivity index (χ2v) is 7.46. The van der Waals surface area contributed by atoms with Gasteiger partial charge >= 0.3 is 0 Å². The number of carbonyl (C=O) groups excluding carboxylic acids is 2. The Labute approximate surface area is 159 Å². The Morgan fingerprint density at radius 3 is 2.67 bits per heavy atom. The van der Waals surface area contributed by atoms with Crippen LogP contribution >= 0.6 is 0 Å². The lowest BCUT2D eigenvalue weighted by Gasteiger charge is -2.36. The van der Waals surface area contributed by atoms with Crippen LogP contribution in [0.4, 0.5) is 0 Å². The second kappa shape index (κ2) is 8.97. The van der Waals surface area contributed by atoms with Gasteiger partial charge in [0.2, 0.25) is 11.8 Å². The summed E-state index contributed by atoms with van der Waals surface area (Å²) >= 11 is 0. The van der Waals surface area contributed by atoms with Crippen LogP contribution in [0.2, 0.25) is 0 Å². The maximum absolute atomic E-state index is 13.0. The SMILES string of the molecule is NCCCCCCNC1=CC=CC2C(=O)N(C3CCC(O)NC3O)C(=O)C12. The minimum Gasteiger partial charge on any atom is -0.388 e. The predicted octanol–water partition coefficient (Wildman–Crippen LogP) is -0.461. The third-order valence-electron chi connectivity index (χ3n) is 5.57. The molecule has 2 fully saturated rings. The third kappa shape index (κ3) is 4.24. The van der Waals surface area contributed by atoms with Crippen molar-refractivity contribution in [3.63, 3.8) is 0 Å². The topological polar surface area (TPSA) is 128 Å². The van der Waals surface area contributed by atoms with E-state index in [0.717, 1.165) is 37.9 Å². The molecule has 5 unspecified atom stereocenters. The molecular weight excluding hydrogens is 348 g/mol. The lowest BCUT2D eigenvalue weighted by molar-refractivity contribution is -0.149. The summed E-state index contributed by atoms with van der Waals surface area (Å²) in [6, 6.07) is -0.648. The molecular formula is C19H30N4O4. The molecule has 0 saturated carbocycles. The number of nitrogens with one attached hydrogen (secondary N) is 2. The fourth-order valence-electron chi connectivity index (χ4n) is 4.12. The van der Waals surface area contributed by atoms with Gasteiger partial charge in [-0.15, -0.1) is 0 Å². The van der Waals surface area contributed by atoms with E-state index in [9.17, 15) is 19.8 Å². The molecule has 150 valence electrons. The van der Waals surface area contributed by atoms with Crippen LogP contribution in [0.1, 0.15) is 38.5 Å². The van der Waals surface area contributed by atoms with E-state index in [4.69, 9.17) is 5.73 Å². The summed E-state index contributed by atoms with van der Waals surface area (Å²) in [5, 5.41) is 25.7. The number of piperidine rings is 1. The Bertz CT molecular complexity index is 621. The number of nitrogens with two attached hydrogens (primary N) is 1. The smallest absolute Gasteiger partial charge is 0.239 e. The average molecular weight is 378 g/mol. The molecule has 0 bridgehead atoms. The number of unbranched alkanes of at least 4 members (excludes halogenated alkanes) is 3. The minimum absolute atomic E-state index is 0.279.